The van der Waals surface area contributed by atoms with E-state index in [1.54, 1.807) is 23.9 Å². The van der Waals surface area contributed by atoms with E-state index in [0.717, 1.165) is 25.7 Å². The molecule has 0 aliphatic heterocycles. The fraction of sp³-hybridized carbons (Fsp3) is 0.529. The van der Waals surface area contributed by atoms with E-state index in [2.05, 4.69) is 16.4 Å². The molecule has 2 aromatic rings. The first-order valence-electron chi connectivity index (χ1n) is 8.14. The SMILES string of the molecule is O=C(N[C@@H](c1cccs1)C1CC(O)C1)C1(Cn2ccnc2)CC1. The number of thiophene rings is 1. The Morgan fingerprint density at radius 3 is 2.91 bits per heavy atom. The monoisotopic (exact) mass is 331 g/mol. The molecule has 2 aromatic heterocycles. The van der Waals surface area contributed by atoms with Crippen molar-refractivity contribution in [3.05, 3.63) is 41.1 Å². The van der Waals surface area contributed by atoms with Crippen molar-refractivity contribution >= 4 is 17.2 Å². The summed E-state index contributed by atoms with van der Waals surface area (Å²) in [6, 6.07) is 4.13. The Kier molecular flexibility index (Phi) is 3.73. The van der Waals surface area contributed by atoms with Crippen LogP contribution in [0.25, 0.3) is 0 Å². The van der Waals surface area contributed by atoms with Crippen molar-refractivity contribution in [3.63, 3.8) is 0 Å². The van der Waals surface area contributed by atoms with E-state index in [0.29, 0.717) is 12.5 Å². The Morgan fingerprint density at radius 1 is 1.52 bits per heavy atom. The quantitative estimate of drug-likeness (QED) is 0.854. The highest BCUT2D eigenvalue weighted by Gasteiger charge is 2.51. The lowest BCUT2D eigenvalue weighted by Gasteiger charge is -2.38. The summed E-state index contributed by atoms with van der Waals surface area (Å²) in [5.74, 6) is 0.489. The zero-order valence-electron chi connectivity index (χ0n) is 12.9. The van der Waals surface area contributed by atoms with Gasteiger partial charge in [-0.05, 0) is 43.0 Å². The highest BCUT2D eigenvalue weighted by atomic mass is 32.1. The second-order valence-corrected chi connectivity index (χ2v) is 7.85. The summed E-state index contributed by atoms with van der Waals surface area (Å²) in [6.07, 6.45) is 8.63. The molecule has 23 heavy (non-hydrogen) atoms. The van der Waals surface area contributed by atoms with E-state index in [1.807, 2.05) is 22.2 Å². The van der Waals surface area contributed by atoms with Gasteiger partial charge < -0.3 is 15.0 Å². The molecule has 0 spiro atoms. The van der Waals surface area contributed by atoms with Gasteiger partial charge in [0.25, 0.3) is 0 Å². The van der Waals surface area contributed by atoms with E-state index in [1.165, 1.54) is 4.88 Å². The number of carbonyl (C=O) groups excluding carboxylic acids is 1. The largest absolute Gasteiger partial charge is 0.393 e. The molecule has 2 aliphatic carbocycles. The molecule has 122 valence electrons. The number of rotatable bonds is 6. The van der Waals surface area contributed by atoms with Crippen LogP contribution in [0.4, 0.5) is 0 Å². The van der Waals surface area contributed by atoms with Crippen LogP contribution in [-0.4, -0.2) is 26.7 Å². The minimum absolute atomic E-state index is 0.0335. The summed E-state index contributed by atoms with van der Waals surface area (Å²) in [5.41, 5.74) is -0.279. The number of imidazole rings is 1. The van der Waals surface area contributed by atoms with Gasteiger partial charge in [-0.25, -0.2) is 4.98 Å². The maximum Gasteiger partial charge on any atom is 0.228 e. The van der Waals surface area contributed by atoms with Crippen molar-refractivity contribution in [2.75, 3.05) is 0 Å². The van der Waals surface area contributed by atoms with Crippen LogP contribution in [0, 0.1) is 11.3 Å². The van der Waals surface area contributed by atoms with Gasteiger partial charge in [0.05, 0.1) is 23.9 Å². The van der Waals surface area contributed by atoms with Gasteiger partial charge in [0.15, 0.2) is 0 Å². The van der Waals surface area contributed by atoms with Crippen LogP contribution in [0.5, 0.6) is 0 Å². The molecule has 5 nitrogen and oxygen atoms in total. The summed E-state index contributed by atoms with van der Waals surface area (Å²) >= 11 is 1.68. The van der Waals surface area contributed by atoms with Gasteiger partial charge in [0, 0.05) is 23.8 Å². The normalized spacial score (nSPS) is 26.3. The van der Waals surface area contributed by atoms with Gasteiger partial charge in [-0.2, -0.15) is 0 Å². The molecule has 4 rings (SSSR count). The lowest BCUT2D eigenvalue weighted by molar-refractivity contribution is -0.128. The zero-order valence-corrected chi connectivity index (χ0v) is 13.7. The fourth-order valence-electron chi connectivity index (χ4n) is 3.42. The summed E-state index contributed by atoms with van der Waals surface area (Å²) < 4.78 is 1.99. The lowest BCUT2D eigenvalue weighted by Crippen LogP contribution is -2.44. The topological polar surface area (TPSA) is 67.2 Å². The highest BCUT2D eigenvalue weighted by Crippen LogP contribution is 2.49. The first-order valence-corrected chi connectivity index (χ1v) is 9.02. The molecule has 0 saturated heterocycles. The summed E-state index contributed by atoms with van der Waals surface area (Å²) in [4.78, 5) is 18.1. The van der Waals surface area contributed by atoms with Crippen LogP contribution in [0.3, 0.4) is 0 Å². The molecule has 0 radical (unpaired) electrons. The number of hydrogen-bond acceptors (Lipinski definition) is 4. The minimum atomic E-state index is -0.279. The van der Waals surface area contributed by atoms with Crippen LogP contribution in [-0.2, 0) is 11.3 Å². The zero-order chi connectivity index (χ0) is 15.9. The first-order chi connectivity index (χ1) is 11.2. The molecule has 0 aromatic carbocycles. The second kappa shape index (κ2) is 5.76. The molecule has 2 aliphatic rings. The van der Waals surface area contributed by atoms with Crippen molar-refractivity contribution < 1.29 is 9.90 Å². The number of aromatic nitrogens is 2. The molecule has 2 saturated carbocycles. The molecule has 1 atom stereocenters. The molecule has 0 bridgehead atoms. The van der Waals surface area contributed by atoms with Gasteiger partial charge in [0.2, 0.25) is 5.91 Å². The first kappa shape index (κ1) is 14.9. The second-order valence-electron chi connectivity index (χ2n) is 6.87. The number of aliphatic hydroxyl groups is 1. The van der Waals surface area contributed by atoms with Crippen molar-refractivity contribution in [1.82, 2.24) is 14.9 Å². The Morgan fingerprint density at radius 2 is 2.35 bits per heavy atom. The molecule has 2 fully saturated rings. The van der Waals surface area contributed by atoms with Gasteiger partial charge in [-0.1, -0.05) is 6.07 Å². The molecular weight excluding hydrogens is 310 g/mol. The van der Waals surface area contributed by atoms with Crippen LogP contribution >= 0.6 is 11.3 Å². The maximum absolute atomic E-state index is 12.9. The number of hydrogen-bond donors (Lipinski definition) is 2. The summed E-state index contributed by atoms with van der Waals surface area (Å²) in [6.45, 7) is 0.698. The predicted molar refractivity (Wildman–Crippen MR) is 87.8 cm³/mol. The Labute approximate surface area is 139 Å². The number of nitrogens with zero attached hydrogens (tertiary/aromatic N) is 2. The minimum Gasteiger partial charge on any atom is -0.393 e. The molecule has 2 N–H and O–H groups in total. The van der Waals surface area contributed by atoms with Crippen molar-refractivity contribution in [1.29, 1.82) is 0 Å². The summed E-state index contributed by atoms with van der Waals surface area (Å²) in [7, 11) is 0. The third kappa shape index (κ3) is 2.93. The van der Waals surface area contributed by atoms with E-state index in [4.69, 9.17) is 0 Å². The maximum atomic E-state index is 12.9. The van der Waals surface area contributed by atoms with Gasteiger partial charge in [-0.15, -0.1) is 11.3 Å². The molecular formula is C17H21N3O2S. The summed E-state index contributed by atoms with van der Waals surface area (Å²) in [5, 5.41) is 15.0. The van der Waals surface area contributed by atoms with Crippen LogP contribution in [0.2, 0.25) is 0 Å². The Bertz CT molecular complexity index is 658. The van der Waals surface area contributed by atoms with Crippen LogP contribution < -0.4 is 5.32 Å². The third-order valence-electron chi connectivity index (χ3n) is 5.14. The Balaban J connectivity index is 1.47. The van der Waals surface area contributed by atoms with Crippen molar-refractivity contribution in [2.45, 2.75) is 44.4 Å². The number of carbonyl (C=O) groups is 1. The number of amides is 1. The molecule has 6 heteroatoms. The predicted octanol–water partition coefficient (Wildman–Crippen LogP) is 2.35. The van der Waals surface area contributed by atoms with Crippen LogP contribution in [0.1, 0.15) is 36.6 Å². The van der Waals surface area contributed by atoms with Crippen molar-refractivity contribution in [2.24, 2.45) is 11.3 Å². The average Bonchev–Trinajstić information content (AvgIpc) is 2.94. The van der Waals surface area contributed by atoms with Gasteiger partial charge in [-0.3, -0.25) is 4.79 Å². The van der Waals surface area contributed by atoms with E-state index >= 15 is 0 Å². The molecule has 2 heterocycles. The van der Waals surface area contributed by atoms with Gasteiger partial charge >= 0.3 is 0 Å². The lowest BCUT2D eigenvalue weighted by atomic mass is 9.76. The fourth-order valence-corrected chi connectivity index (χ4v) is 4.29. The van der Waals surface area contributed by atoms with E-state index in [9.17, 15) is 9.90 Å². The average molecular weight is 331 g/mol. The standard InChI is InChI=1S/C17H21N3O2S/c21-13-8-12(9-13)15(14-2-1-7-23-14)19-16(22)17(3-4-17)10-20-6-5-18-11-20/h1-2,5-7,11-13,15,21H,3-4,8-10H2,(H,19,22)/t12?,13?,15-/m1/s1. The third-order valence-corrected chi connectivity index (χ3v) is 6.09. The molecule has 0 unspecified atom stereocenters. The number of aliphatic hydroxyl groups excluding tert-OH is 1. The van der Waals surface area contributed by atoms with Gasteiger partial charge in [0.1, 0.15) is 0 Å². The van der Waals surface area contributed by atoms with Crippen LogP contribution in [0.15, 0.2) is 36.2 Å². The smallest absolute Gasteiger partial charge is 0.228 e. The number of nitrogens with one attached hydrogen (secondary N) is 1. The highest BCUT2D eigenvalue weighted by molar-refractivity contribution is 7.10. The molecule has 1 amide bonds. The van der Waals surface area contributed by atoms with E-state index in [-0.39, 0.29) is 23.5 Å². The van der Waals surface area contributed by atoms with Crippen molar-refractivity contribution in [3.8, 4) is 0 Å². The Hall–Kier alpha value is -1.66. The van der Waals surface area contributed by atoms with E-state index < -0.39 is 0 Å².